The number of phenols is 1. The van der Waals surface area contributed by atoms with Crippen molar-refractivity contribution in [1.29, 1.82) is 0 Å². The van der Waals surface area contributed by atoms with Crippen LogP contribution in [0.2, 0.25) is 0 Å². The summed E-state index contributed by atoms with van der Waals surface area (Å²) in [5.74, 6) is -0.407. The highest BCUT2D eigenvalue weighted by atomic mass is 16.3. The zero-order valence-corrected chi connectivity index (χ0v) is 18.6. The first kappa shape index (κ1) is 22.7. The summed E-state index contributed by atoms with van der Waals surface area (Å²) in [6, 6.07) is 20.7. The predicted molar refractivity (Wildman–Crippen MR) is 127 cm³/mol. The van der Waals surface area contributed by atoms with Gasteiger partial charge in [-0.15, -0.1) is 0 Å². The fourth-order valence-electron chi connectivity index (χ4n) is 3.00. The number of rotatable bonds is 5. The van der Waals surface area contributed by atoms with Gasteiger partial charge in [0.2, 0.25) is 0 Å². The molecule has 0 fully saturated rings. The minimum Gasteiger partial charge on any atom is -0.508 e. The van der Waals surface area contributed by atoms with Gasteiger partial charge in [0.1, 0.15) is 5.75 Å². The normalized spacial score (nSPS) is 11.7. The Morgan fingerprint density at radius 2 is 1.25 bits per heavy atom. The number of carbonyl (C=O) groups is 2. The molecule has 0 unspecified atom stereocenters. The maximum Gasteiger partial charge on any atom is 0.271 e. The van der Waals surface area contributed by atoms with Gasteiger partial charge in [-0.2, -0.15) is 5.10 Å². The van der Waals surface area contributed by atoms with Gasteiger partial charge in [0.25, 0.3) is 11.8 Å². The number of hydrazone groups is 1. The van der Waals surface area contributed by atoms with Gasteiger partial charge in [0.05, 0.1) is 5.71 Å². The summed E-state index contributed by atoms with van der Waals surface area (Å²) in [6.45, 7) is 8.14. The maximum atomic E-state index is 12.5. The molecule has 0 aliphatic carbocycles. The van der Waals surface area contributed by atoms with Crippen LogP contribution in [0.25, 0.3) is 0 Å². The van der Waals surface area contributed by atoms with Gasteiger partial charge >= 0.3 is 0 Å². The van der Waals surface area contributed by atoms with Crippen LogP contribution in [-0.2, 0) is 5.41 Å². The second kappa shape index (κ2) is 9.47. The van der Waals surface area contributed by atoms with E-state index >= 15 is 0 Å². The minimum atomic E-state index is -0.362. The molecule has 0 heterocycles. The Balaban J connectivity index is 1.60. The molecule has 3 N–H and O–H groups in total. The van der Waals surface area contributed by atoms with Crippen molar-refractivity contribution in [3.05, 3.63) is 95.1 Å². The molecular weight excluding hydrogens is 402 g/mol. The summed E-state index contributed by atoms with van der Waals surface area (Å²) in [7, 11) is 0. The molecule has 0 saturated heterocycles. The van der Waals surface area contributed by atoms with Crippen molar-refractivity contribution in [3.63, 3.8) is 0 Å². The van der Waals surface area contributed by atoms with Gasteiger partial charge in [-0.25, -0.2) is 5.43 Å². The van der Waals surface area contributed by atoms with E-state index in [1.165, 1.54) is 0 Å². The highest BCUT2D eigenvalue weighted by Crippen LogP contribution is 2.22. The molecule has 0 atom stereocenters. The molecule has 0 radical (unpaired) electrons. The van der Waals surface area contributed by atoms with Crippen LogP contribution in [0, 0.1) is 0 Å². The van der Waals surface area contributed by atoms with E-state index in [0.29, 0.717) is 22.5 Å². The zero-order chi connectivity index (χ0) is 23.3. The Bertz CT molecular complexity index is 1120. The highest BCUT2D eigenvalue weighted by molar-refractivity contribution is 6.05. The molecule has 6 nitrogen and oxygen atoms in total. The van der Waals surface area contributed by atoms with Crippen LogP contribution in [0.1, 0.15) is 59.5 Å². The third kappa shape index (κ3) is 5.82. The summed E-state index contributed by atoms with van der Waals surface area (Å²) >= 11 is 0. The van der Waals surface area contributed by atoms with Crippen LogP contribution in [-0.4, -0.2) is 22.6 Å². The smallest absolute Gasteiger partial charge is 0.271 e. The summed E-state index contributed by atoms with van der Waals surface area (Å²) in [5, 5.41) is 16.3. The quantitative estimate of drug-likeness (QED) is 0.389. The number of benzene rings is 3. The Morgan fingerprint density at radius 1 is 0.750 bits per heavy atom. The van der Waals surface area contributed by atoms with Crippen molar-refractivity contribution >= 4 is 23.2 Å². The van der Waals surface area contributed by atoms with Crippen LogP contribution in [0.4, 0.5) is 5.69 Å². The van der Waals surface area contributed by atoms with E-state index in [-0.39, 0.29) is 23.0 Å². The number of anilines is 1. The Hall–Kier alpha value is -3.93. The van der Waals surface area contributed by atoms with E-state index in [9.17, 15) is 14.7 Å². The number of hydrogen-bond acceptors (Lipinski definition) is 4. The molecule has 164 valence electrons. The van der Waals surface area contributed by atoms with Crippen molar-refractivity contribution in [3.8, 4) is 5.75 Å². The molecule has 32 heavy (non-hydrogen) atoms. The van der Waals surface area contributed by atoms with E-state index < -0.39 is 0 Å². The van der Waals surface area contributed by atoms with Gasteiger partial charge in [-0.3, -0.25) is 9.59 Å². The number of hydrogen-bond donors (Lipinski definition) is 3. The van der Waals surface area contributed by atoms with Gasteiger partial charge in [0.15, 0.2) is 0 Å². The zero-order valence-electron chi connectivity index (χ0n) is 18.6. The molecule has 0 saturated carbocycles. The molecule has 3 aromatic rings. The van der Waals surface area contributed by atoms with E-state index in [1.807, 2.05) is 24.3 Å². The second-order valence-corrected chi connectivity index (χ2v) is 8.54. The molecule has 2 amide bonds. The number of nitrogens with one attached hydrogen (secondary N) is 2. The molecular formula is C26H27N3O3. The van der Waals surface area contributed by atoms with Crippen LogP contribution < -0.4 is 10.7 Å². The lowest BCUT2D eigenvalue weighted by atomic mass is 9.87. The number of aromatic hydroxyl groups is 1. The minimum absolute atomic E-state index is 0.0258. The summed E-state index contributed by atoms with van der Waals surface area (Å²) in [5.41, 5.74) is 6.68. The van der Waals surface area contributed by atoms with Gasteiger partial charge in [0, 0.05) is 16.8 Å². The number of carbonyl (C=O) groups excluding carboxylic acids is 2. The fourth-order valence-corrected chi connectivity index (χ4v) is 3.00. The largest absolute Gasteiger partial charge is 0.508 e. The topological polar surface area (TPSA) is 90.8 Å². The van der Waals surface area contributed by atoms with Crippen molar-refractivity contribution in [2.75, 3.05) is 5.32 Å². The third-order valence-corrected chi connectivity index (χ3v) is 5.03. The lowest BCUT2D eigenvalue weighted by Gasteiger charge is -2.19. The number of phenolic OH excluding ortho intramolecular Hbond substituents is 1. The Kier molecular flexibility index (Phi) is 6.73. The second-order valence-electron chi connectivity index (χ2n) is 8.54. The van der Waals surface area contributed by atoms with Crippen molar-refractivity contribution in [2.45, 2.75) is 33.1 Å². The van der Waals surface area contributed by atoms with Crippen LogP contribution >= 0.6 is 0 Å². The highest BCUT2D eigenvalue weighted by Gasteiger charge is 2.14. The van der Waals surface area contributed by atoms with E-state index in [2.05, 4.69) is 36.6 Å². The van der Waals surface area contributed by atoms with E-state index in [1.54, 1.807) is 55.5 Å². The Labute approximate surface area is 188 Å². The maximum absolute atomic E-state index is 12.5. The summed E-state index contributed by atoms with van der Waals surface area (Å²) < 4.78 is 0. The molecule has 3 rings (SSSR count). The molecule has 6 heteroatoms. The molecule has 3 aromatic carbocycles. The van der Waals surface area contributed by atoms with Gasteiger partial charge in [-0.1, -0.05) is 32.9 Å². The molecule has 0 aliphatic heterocycles. The number of amides is 2. The van der Waals surface area contributed by atoms with Crippen LogP contribution in [0.3, 0.4) is 0 Å². The molecule has 0 aromatic heterocycles. The summed E-state index contributed by atoms with van der Waals surface area (Å²) in [6.07, 6.45) is 0. The third-order valence-electron chi connectivity index (χ3n) is 5.03. The monoisotopic (exact) mass is 429 g/mol. The van der Waals surface area contributed by atoms with Gasteiger partial charge < -0.3 is 10.4 Å². The molecule has 0 bridgehead atoms. The average Bonchev–Trinajstić information content (AvgIpc) is 2.77. The van der Waals surface area contributed by atoms with Crippen molar-refractivity contribution in [2.24, 2.45) is 5.10 Å². The summed E-state index contributed by atoms with van der Waals surface area (Å²) in [4.78, 5) is 24.9. The SMILES string of the molecule is C/C(=N\NC(=O)c1ccc(NC(=O)c2ccc(C(C)(C)C)cc2)cc1)c1ccc(O)cc1. The van der Waals surface area contributed by atoms with Crippen LogP contribution in [0.5, 0.6) is 5.75 Å². The lowest BCUT2D eigenvalue weighted by Crippen LogP contribution is -2.19. The Morgan fingerprint density at radius 3 is 1.81 bits per heavy atom. The van der Waals surface area contributed by atoms with E-state index in [0.717, 1.165) is 11.1 Å². The average molecular weight is 430 g/mol. The van der Waals surface area contributed by atoms with Crippen molar-refractivity contribution < 1.29 is 14.7 Å². The van der Waals surface area contributed by atoms with Crippen molar-refractivity contribution in [1.82, 2.24) is 5.43 Å². The first-order valence-electron chi connectivity index (χ1n) is 10.3. The molecule has 0 aliphatic rings. The van der Waals surface area contributed by atoms with Crippen LogP contribution in [0.15, 0.2) is 77.9 Å². The predicted octanol–water partition coefficient (Wildman–Crippen LogP) is 5.10. The standard InChI is InChI=1S/C26H27N3O3/c1-17(18-9-15-23(30)16-10-18)28-29-25(32)20-7-13-22(14-8-20)27-24(31)19-5-11-21(12-6-19)26(2,3)4/h5-16,30H,1-4H3,(H,27,31)(H,29,32)/b28-17+. The van der Waals surface area contributed by atoms with Gasteiger partial charge in [-0.05, 0) is 84.1 Å². The first-order valence-corrected chi connectivity index (χ1v) is 10.3. The fraction of sp³-hybridized carbons (Fsp3) is 0.192. The number of nitrogens with zero attached hydrogens (tertiary/aromatic N) is 1. The lowest BCUT2D eigenvalue weighted by molar-refractivity contribution is 0.0954. The van der Waals surface area contributed by atoms with E-state index in [4.69, 9.17) is 0 Å². The first-order chi connectivity index (χ1) is 15.1. The molecule has 0 spiro atoms.